The van der Waals surface area contributed by atoms with Crippen LogP contribution in [0.3, 0.4) is 0 Å². The molecule has 3 aliphatic rings. The lowest BCUT2D eigenvalue weighted by atomic mass is 9.92. The molecule has 3 fully saturated rings. The molecular formula is C12H21NO. The lowest BCUT2D eigenvalue weighted by Crippen LogP contribution is -2.35. The molecule has 1 saturated carbocycles. The van der Waals surface area contributed by atoms with Crippen LogP contribution in [0.1, 0.15) is 32.1 Å². The third kappa shape index (κ3) is 2.48. The van der Waals surface area contributed by atoms with Crippen molar-refractivity contribution in [2.24, 2.45) is 11.8 Å². The summed E-state index contributed by atoms with van der Waals surface area (Å²) >= 11 is 0. The molecule has 0 aromatic heterocycles. The van der Waals surface area contributed by atoms with Crippen molar-refractivity contribution in [3.8, 4) is 0 Å². The molecule has 0 N–H and O–H groups in total. The Kier molecular flexibility index (Phi) is 2.50. The highest BCUT2D eigenvalue weighted by Gasteiger charge is 2.30. The lowest BCUT2D eigenvalue weighted by Gasteiger charge is -2.31. The van der Waals surface area contributed by atoms with E-state index in [9.17, 15) is 0 Å². The Morgan fingerprint density at radius 2 is 1.71 bits per heavy atom. The summed E-state index contributed by atoms with van der Waals surface area (Å²) in [5.74, 6) is 2.04. The summed E-state index contributed by atoms with van der Waals surface area (Å²) in [6, 6.07) is 0. The van der Waals surface area contributed by atoms with Gasteiger partial charge in [-0.3, -0.25) is 0 Å². The van der Waals surface area contributed by atoms with E-state index in [0.717, 1.165) is 18.4 Å². The van der Waals surface area contributed by atoms with Gasteiger partial charge in [0.25, 0.3) is 0 Å². The Balaban J connectivity index is 1.37. The molecule has 0 unspecified atom stereocenters. The molecular weight excluding hydrogens is 174 g/mol. The standard InChI is InChI=1S/C12H21NO/c1-2-11(1)8-13-5-3-10(4-6-13)7-12-9-14-12/h10-12H,1-9H2/t12-/m1/s1. The molecule has 2 nitrogen and oxygen atoms in total. The summed E-state index contributed by atoms with van der Waals surface area (Å²) in [4.78, 5) is 2.68. The highest BCUT2D eigenvalue weighted by molar-refractivity contribution is 4.82. The zero-order valence-corrected chi connectivity index (χ0v) is 8.95. The van der Waals surface area contributed by atoms with Gasteiger partial charge in [0.2, 0.25) is 0 Å². The van der Waals surface area contributed by atoms with E-state index in [1.165, 1.54) is 51.7 Å². The van der Waals surface area contributed by atoms with Gasteiger partial charge < -0.3 is 9.64 Å². The molecule has 2 saturated heterocycles. The summed E-state index contributed by atoms with van der Waals surface area (Å²) in [6.07, 6.45) is 7.83. The predicted molar refractivity (Wildman–Crippen MR) is 56.2 cm³/mol. The topological polar surface area (TPSA) is 15.8 Å². The van der Waals surface area contributed by atoms with E-state index in [0.29, 0.717) is 6.10 Å². The Morgan fingerprint density at radius 3 is 2.29 bits per heavy atom. The summed E-state index contributed by atoms with van der Waals surface area (Å²) in [5, 5.41) is 0. The van der Waals surface area contributed by atoms with Crippen LogP contribution >= 0.6 is 0 Å². The van der Waals surface area contributed by atoms with E-state index in [1.807, 2.05) is 0 Å². The number of likely N-dealkylation sites (tertiary alicyclic amines) is 1. The van der Waals surface area contributed by atoms with Crippen molar-refractivity contribution in [3.63, 3.8) is 0 Å². The summed E-state index contributed by atoms with van der Waals surface area (Å²) in [5.41, 5.74) is 0. The maximum absolute atomic E-state index is 5.30. The van der Waals surface area contributed by atoms with Gasteiger partial charge in [-0.25, -0.2) is 0 Å². The third-order valence-electron chi connectivity index (χ3n) is 3.92. The minimum Gasteiger partial charge on any atom is -0.373 e. The van der Waals surface area contributed by atoms with E-state index in [4.69, 9.17) is 4.74 Å². The van der Waals surface area contributed by atoms with Crippen molar-refractivity contribution in [1.82, 2.24) is 4.90 Å². The molecule has 0 radical (unpaired) electrons. The normalized spacial score (nSPS) is 34.7. The highest BCUT2D eigenvalue weighted by Crippen LogP contribution is 2.32. The minimum absolute atomic E-state index is 0.648. The van der Waals surface area contributed by atoms with E-state index < -0.39 is 0 Å². The number of piperidine rings is 1. The van der Waals surface area contributed by atoms with Crippen LogP contribution in [0.25, 0.3) is 0 Å². The Labute approximate surface area is 86.6 Å². The molecule has 0 amide bonds. The molecule has 2 aliphatic heterocycles. The molecule has 3 rings (SSSR count). The van der Waals surface area contributed by atoms with Crippen LogP contribution in [0.5, 0.6) is 0 Å². The van der Waals surface area contributed by atoms with Crippen LogP contribution in [0.15, 0.2) is 0 Å². The summed E-state index contributed by atoms with van der Waals surface area (Å²) in [6.45, 7) is 5.15. The number of hydrogen-bond donors (Lipinski definition) is 0. The second-order valence-corrected chi connectivity index (χ2v) is 5.38. The molecule has 0 aromatic rings. The van der Waals surface area contributed by atoms with Crippen LogP contribution < -0.4 is 0 Å². The molecule has 2 heterocycles. The van der Waals surface area contributed by atoms with Crippen molar-refractivity contribution >= 4 is 0 Å². The highest BCUT2D eigenvalue weighted by atomic mass is 16.6. The molecule has 1 aliphatic carbocycles. The van der Waals surface area contributed by atoms with Crippen LogP contribution in [0.2, 0.25) is 0 Å². The smallest absolute Gasteiger partial charge is 0.0812 e. The molecule has 1 atom stereocenters. The van der Waals surface area contributed by atoms with Crippen LogP contribution in [0.4, 0.5) is 0 Å². The molecule has 14 heavy (non-hydrogen) atoms. The maximum Gasteiger partial charge on any atom is 0.0812 e. The fourth-order valence-corrected chi connectivity index (χ4v) is 2.65. The van der Waals surface area contributed by atoms with Crippen LogP contribution in [-0.4, -0.2) is 37.2 Å². The molecule has 0 bridgehead atoms. The SMILES string of the molecule is C1CN(CC2CC2)CCC1C[C@@H]1CO1. The van der Waals surface area contributed by atoms with E-state index in [2.05, 4.69) is 4.90 Å². The average molecular weight is 195 g/mol. The fourth-order valence-electron chi connectivity index (χ4n) is 2.65. The van der Waals surface area contributed by atoms with Crippen molar-refractivity contribution in [3.05, 3.63) is 0 Å². The zero-order chi connectivity index (χ0) is 9.38. The van der Waals surface area contributed by atoms with Gasteiger partial charge in [-0.15, -0.1) is 0 Å². The number of ether oxygens (including phenoxy) is 1. The second-order valence-electron chi connectivity index (χ2n) is 5.38. The van der Waals surface area contributed by atoms with Crippen molar-refractivity contribution < 1.29 is 4.74 Å². The Bertz CT molecular complexity index is 168. The molecule has 0 aromatic carbocycles. The van der Waals surface area contributed by atoms with Gasteiger partial charge in [-0.2, -0.15) is 0 Å². The first-order chi connectivity index (χ1) is 6.90. The van der Waals surface area contributed by atoms with Gasteiger partial charge in [0.1, 0.15) is 0 Å². The largest absolute Gasteiger partial charge is 0.373 e. The summed E-state index contributed by atoms with van der Waals surface area (Å²) < 4.78 is 5.30. The van der Waals surface area contributed by atoms with Gasteiger partial charge in [-0.1, -0.05) is 0 Å². The van der Waals surface area contributed by atoms with Crippen molar-refractivity contribution in [2.75, 3.05) is 26.2 Å². The fraction of sp³-hybridized carbons (Fsp3) is 1.00. The van der Waals surface area contributed by atoms with Gasteiger partial charge in [0, 0.05) is 6.54 Å². The van der Waals surface area contributed by atoms with Gasteiger partial charge >= 0.3 is 0 Å². The summed E-state index contributed by atoms with van der Waals surface area (Å²) in [7, 11) is 0. The molecule has 0 spiro atoms. The van der Waals surface area contributed by atoms with Gasteiger partial charge in [-0.05, 0) is 57.0 Å². The van der Waals surface area contributed by atoms with Crippen molar-refractivity contribution in [2.45, 2.75) is 38.2 Å². The Hall–Kier alpha value is -0.0800. The molecule has 80 valence electrons. The first kappa shape index (κ1) is 9.17. The number of rotatable bonds is 4. The monoisotopic (exact) mass is 195 g/mol. The number of hydrogen-bond acceptors (Lipinski definition) is 2. The number of epoxide rings is 1. The van der Waals surface area contributed by atoms with Crippen LogP contribution in [0, 0.1) is 11.8 Å². The first-order valence-corrected chi connectivity index (χ1v) is 6.24. The van der Waals surface area contributed by atoms with E-state index in [-0.39, 0.29) is 0 Å². The second kappa shape index (κ2) is 3.82. The predicted octanol–water partition coefficient (Wildman–Crippen LogP) is 1.90. The van der Waals surface area contributed by atoms with Gasteiger partial charge in [0.05, 0.1) is 12.7 Å². The minimum atomic E-state index is 0.648. The van der Waals surface area contributed by atoms with E-state index >= 15 is 0 Å². The maximum atomic E-state index is 5.30. The average Bonchev–Trinajstić information content (AvgIpc) is 3.02. The molecule has 2 heteroatoms. The van der Waals surface area contributed by atoms with Gasteiger partial charge in [0.15, 0.2) is 0 Å². The van der Waals surface area contributed by atoms with Crippen LogP contribution in [-0.2, 0) is 4.74 Å². The Morgan fingerprint density at radius 1 is 1.00 bits per heavy atom. The van der Waals surface area contributed by atoms with Crippen molar-refractivity contribution in [1.29, 1.82) is 0 Å². The quantitative estimate of drug-likeness (QED) is 0.637. The number of nitrogens with zero attached hydrogens (tertiary/aromatic N) is 1. The first-order valence-electron chi connectivity index (χ1n) is 6.24. The zero-order valence-electron chi connectivity index (χ0n) is 8.95. The lowest BCUT2D eigenvalue weighted by molar-refractivity contribution is 0.166. The third-order valence-corrected chi connectivity index (χ3v) is 3.92. The van der Waals surface area contributed by atoms with E-state index in [1.54, 1.807) is 0 Å².